The quantitative estimate of drug-likeness (QED) is 0.353. The molecule has 27 heavy (non-hydrogen) atoms. The summed E-state index contributed by atoms with van der Waals surface area (Å²) >= 11 is 6.07. The van der Waals surface area contributed by atoms with E-state index in [9.17, 15) is 10.1 Å². The molecule has 154 valence electrons. The summed E-state index contributed by atoms with van der Waals surface area (Å²) < 4.78 is 19.7. The molecule has 0 N–H and O–H groups in total. The first kappa shape index (κ1) is 22.3. The van der Waals surface area contributed by atoms with Crippen molar-refractivity contribution < 1.29 is 18.8 Å². The van der Waals surface area contributed by atoms with Gasteiger partial charge in [0.15, 0.2) is 14.6 Å². The average molecular weight is 420 g/mol. The molecular weight excluding hydrogens is 390 g/mol. The van der Waals surface area contributed by atoms with Crippen LogP contribution in [0.1, 0.15) is 40.0 Å². The van der Waals surface area contributed by atoms with Crippen LogP contribution in [0.3, 0.4) is 0 Å². The van der Waals surface area contributed by atoms with Gasteiger partial charge in [-0.2, -0.15) is 0 Å². The molecule has 0 aromatic carbocycles. The molecule has 8 nitrogen and oxygen atoms in total. The highest BCUT2D eigenvalue weighted by Crippen LogP contribution is 2.36. The van der Waals surface area contributed by atoms with Gasteiger partial charge < -0.3 is 24.0 Å². The molecule has 1 aromatic rings. The maximum atomic E-state index is 10.9. The molecule has 1 aliphatic heterocycles. The topological polar surface area (TPSA) is 88.7 Å². The minimum atomic E-state index is -1.96. The van der Waals surface area contributed by atoms with E-state index in [2.05, 4.69) is 38.8 Å². The van der Waals surface area contributed by atoms with Crippen LogP contribution in [0.2, 0.25) is 23.4 Å². The predicted molar refractivity (Wildman–Crippen MR) is 106 cm³/mol. The van der Waals surface area contributed by atoms with Crippen molar-refractivity contribution >= 4 is 25.7 Å². The smallest absolute Gasteiger partial charge is 0.383 e. The molecule has 0 saturated carbocycles. The van der Waals surface area contributed by atoms with Crippen molar-refractivity contribution in [2.24, 2.45) is 0 Å². The number of nitro groups is 1. The maximum absolute atomic E-state index is 10.9. The first-order valence-electron chi connectivity index (χ1n) is 9.27. The molecule has 1 aliphatic rings. The molecule has 0 spiro atoms. The zero-order chi connectivity index (χ0) is 20.2. The fourth-order valence-electron chi connectivity index (χ4n) is 2.50. The van der Waals surface area contributed by atoms with Gasteiger partial charge in [0.25, 0.3) is 0 Å². The number of rotatable bonds is 8. The van der Waals surface area contributed by atoms with Crippen molar-refractivity contribution in [3.8, 4) is 0 Å². The van der Waals surface area contributed by atoms with Crippen LogP contribution in [0, 0.1) is 10.1 Å². The van der Waals surface area contributed by atoms with E-state index in [1.807, 2.05) is 0 Å². The van der Waals surface area contributed by atoms with E-state index in [4.69, 9.17) is 25.5 Å². The van der Waals surface area contributed by atoms with Crippen LogP contribution in [-0.2, 0) is 20.4 Å². The van der Waals surface area contributed by atoms with Gasteiger partial charge in [-0.15, -0.1) is 0 Å². The molecule has 0 bridgehead atoms. The van der Waals surface area contributed by atoms with Gasteiger partial charge in [0.2, 0.25) is 0 Å². The summed E-state index contributed by atoms with van der Waals surface area (Å²) in [4.78, 5) is 14.1. The number of hydrogen-bond donors (Lipinski definition) is 0. The molecule has 1 unspecified atom stereocenters. The molecule has 1 saturated heterocycles. The second-order valence-corrected chi connectivity index (χ2v) is 13.6. The molecular formula is C17H30ClN3O5Si. The lowest BCUT2D eigenvalue weighted by atomic mass is 10.2. The Bertz CT molecular complexity index is 641. The van der Waals surface area contributed by atoms with Crippen LogP contribution in [0.5, 0.6) is 0 Å². The number of aromatic nitrogens is 2. The van der Waals surface area contributed by atoms with E-state index in [1.165, 1.54) is 10.8 Å². The van der Waals surface area contributed by atoms with Gasteiger partial charge in [0.05, 0.1) is 13.2 Å². The number of nitrogens with zero attached hydrogens (tertiary/aromatic N) is 3. The van der Waals surface area contributed by atoms with Crippen molar-refractivity contribution in [3.05, 3.63) is 21.6 Å². The third-order valence-electron chi connectivity index (χ3n) is 5.22. The molecule has 2 rings (SSSR count). The lowest BCUT2D eigenvalue weighted by molar-refractivity contribution is -0.389. The molecule has 1 aromatic heterocycles. The van der Waals surface area contributed by atoms with E-state index in [0.29, 0.717) is 19.8 Å². The van der Waals surface area contributed by atoms with E-state index < -0.39 is 13.2 Å². The second kappa shape index (κ2) is 9.00. The minimum Gasteiger partial charge on any atom is -0.414 e. The highest BCUT2D eigenvalue weighted by atomic mass is 35.5. The Hall–Kier alpha value is -1.00. The van der Waals surface area contributed by atoms with Gasteiger partial charge in [-0.1, -0.05) is 20.8 Å². The molecule has 0 amide bonds. The second-order valence-electron chi connectivity index (χ2n) is 8.40. The van der Waals surface area contributed by atoms with Crippen molar-refractivity contribution in [3.63, 3.8) is 0 Å². The lowest BCUT2D eigenvalue weighted by Crippen LogP contribution is -2.44. The molecule has 10 heteroatoms. The third-order valence-corrected chi connectivity index (χ3v) is 10.0. The number of halogens is 1. The summed E-state index contributed by atoms with van der Waals surface area (Å²) in [6, 6.07) is 0. The summed E-state index contributed by atoms with van der Waals surface area (Å²) in [7, 11) is -1.96. The predicted octanol–water partition coefficient (Wildman–Crippen LogP) is 4.38. The summed E-state index contributed by atoms with van der Waals surface area (Å²) in [5.41, 5.74) is 0. The fourth-order valence-corrected chi connectivity index (χ4v) is 3.74. The van der Waals surface area contributed by atoms with E-state index in [-0.39, 0.29) is 28.5 Å². The zero-order valence-electron chi connectivity index (χ0n) is 16.7. The Kier molecular flexibility index (Phi) is 7.43. The van der Waals surface area contributed by atoms with Gasteiger partial charge >= 0.3 is 11.1 Å². The Morgan fingerprint density at radius 3 is 2.70 bits per heavy atom. The number of hydrogen-bond acceptors (Lipinski definition) is 6. The van der Waals surface area contributed by atoms with Gasteiger partial charge in [-0.25, -0.2) is 0 Å². The van der Waals surface area contributed by atoms with Gasteiger partial charge in [0, 0.05) is 6.61 Å². The third kappa shape index (κ3) is 6.25. The highest BCUT2D eigenvalue weighted by Gasteiger charge is 2.38. The largest absolute Gasteiger partial charge is 0.414 e. The van der Waals surface area contributed by atoms with Crippen LogP contribution in [0.4, 0.5) is 5.82 Å². The van der Waals surface area contributed by atoms with Crippen molar-refractivity contribution in [2.75, 3.05) is 13.2 Å². The Balaban J connectivity index is 2.10. The summed E-state index contributed by atoms with van der Waals surface area (Å²) in [5.74, 6) is -0.280. The van der Waals surface area contributed by atoms with E-state index >= 15 is 0 Å². The highest BCUT2D eigenvalue weighted by molar-refractivity contribution is 6.74. The first-order valence-corrected chi connectivity index (χ1v) is 12.6. The minimum absolute atomic E-state index is 0.0622. The fraction of sp³-hybridized carbons (Fsp3) is 0.824. The van der Waals surface area contributed by atoms with Gasteiger partial charge in [0.1, 0.15) is 12.3 Å². The molecule has 2 heterocycles. The van der Waals surface area contributed by atoms with Gasteiger partial charge in [-0.05, 0) is 58.9 Å². The molecule has 2 atom stereocenters. The van der Waals surface area contributed by atoms with E-state index in [0.717, 1.165) is 19.3 Å². The maximum Gasteiger partial charge on any atom is 0.383 e. The Labute approximate surface area is 166 Å². The number of ether oxygens (including phenoxy) is 2. The SMILES string of the molecule is CC(C)(C)[Si](C)(C)OC[C@H](Cn1cc([N+](=O)[O-])nc1Cl)OC1CCCCO1. The Morgan fingerprint density at radius 1 is 1.48 bits per heavy atom. The van der Waals surface area contributed by atoms with Gasteiger partial charge in [-0.3, -0.25) is 4.57 Å². The van der Waals surface area contributed by atoms with E-state index in [1.54, 1.807) is 0 Å². The van der Waals surface area contributed by atoms with Crippen molar-refractivity contribution in [1.29, 1.82) is 0 Å². The van der Waals surface area contributed by atoms with Crippen LogP contribution in [-0.4, -0.2) is 48.4 Å². The normalized spacial score (nSPS) is 19.9. The van der Waals surface area contributed by atoms with Crippen molar-refractivity contribution in [1.82, 2.24) is 9.55 Å². The number of imidazole rings is 1. The lowest BCUT2D eigenvalue weighted by Gasteiger charge is -2.37. The van der Waals surface area contributed by atoms with Crippen LogP contribution in [0.25, 0.3) is 0 Å². The average Bonchev–Trinajstić information content (AvgIpc) is 2.94. The molecule has 0 radical (unpaired) electrons. The standard InChI is InChI=1S/C17H30ClN3O5Si/c1-17(2,3)27(4,5)25-12-13(26-15-8-6-7-9-24-15)10-20-11-14(21(22)23)19-16(20)18/h11,13,15H,6-10,12H2,1-5H3/t13-,15?/m0/s1. The van der Waals surface area contributed by atoms with Crippen LogP contribution < -0.4 is 0 Å². The van der Waals surface area contributed by atoms with Crippen LogP contribution >= 0.6 is 11.6 Å². The first-order chi connectivity index (χ1) is 12.5. The summed E-state index contributed by atoms with van der Waals surface area (Å²) in [5, 5.41) is 11.1. The van der Waals surface area contributed by atoms with Crippen LogP contribution in [0.15, 0.2) is 6.20 Å². The Morgan fingerprint density at radius 2 is 2.19 bits per heavy atom. The zero-order valence-corrected chi connectivity index (χ0v) is 18.5. The van der Waals surface area contributed by atoms with Crippen molar-refractivity contribution in [2.45, 2.75) is 77.1 Å². The molecule has 1 fully saturated rings. The summed E-state index contributed by atoms with van der Waals surface area (Å²) in [6.07, 6.45) is 3.61. The summed E-state index contributed by atoms with van der Waals surface area (Å²) in [6.45, 7) is 12.2. The molecule has 0 aliphatic carbocycles. The monoisotopic (exact) mass is 419 g/mol.